The Morgan fingerprint density at radius 3 is 2.57 bits per heavy atom. The standard InChI is InChI=1S/C20H32N4O3S/c1-7-9-24-17-15(23-19(24)22)12-14(18(21)25)13-16(17)26-10-8-11-27-28(5,6)20(2,3)4/h7,12-13H,1,8-11H2,2-6H3,(H2,21,25)(H2,22,23). The zero-order chi connectivity index (χ0) is 21.1. The maximum absolute atomic E-state index is 11.7. The molecule has 0 aliphatic heterocycles. The number of ether oxygens (including phenoxy) is 1. The van der Waals surface area contributed by atoms with Crippen molar-refractivity contribution in [1.82, 2.24) is 9.55 Å². The zero-order valence-corrected chi connectivity index (χ0v) is 18.3. The Hall–Kier alpha value is -2.19. The molecule has 0 bridgehead atoms. The summed E-state index contributed by atoms with van der Waals surface area (Å²) in [6.07, 6.45) is 6.79. The summed E-state index contributed by atoms with van der Waals surface area (Å²) >= 11 is 0. The van der Waals surface area contributed by atoms with Crippen LogP contribution in [-0.2, 0) is 10.7 Å². The molecule has 0 unspecified atom stereocenters. The molecule has 0 aliphatic rings. The van der Waals surface area contributed by atoms with Crippen LogP contribution >= 0.6 is 10.3 Å². The molecule has 28 heavy (non-hydrogen) atoms. The summed E-state index contributed by atoms with van der Waals surface area (Å²) in [5.74, 6) is 0.322. The van der Waals surface area contributed by atoms with Crippen LogP contribution in [0.5, 0.6) is 5.75 Å². The molecule has 1 amide bonds. The van der Waals surface area contributed by atoms with E-state index >= 15 is 0 Å². The number of hydrogen-bond donors (Lipinski definition) is 2. The molecule has 8 heteroatoms. The van der Waals surface area contributed by atoms with Crippen LogP contribution in [0.25, 0.3) is 11.0 Å². The molecule has 0 saturated heterocycles. The van der Waals surface area contributed by atoms with Gasteiger partial charge in [0.2, 0.25) is 11.9 Å². The van der Waals surface area contributed by atoms with Gasteiger partial charge >= 0.3 is 0 Å². The number of carbonyl (C=O) groups excluding carboxylic acids is 1. The van der Waals surface area contributed by atoms with Gasteiger partial charge in [-0.15, -0.1) is 16.9 Å². The van der Waals surface area contributed by atoms with Crippen molar-refractivity contribution < 1.29 is 13.7 Å². The maximum atomic E-state index is 11.7. The van der Waals surface area contributed by atoms with Crippen LogP contribution in [0, 0.1) is 0 Å². The number of anilines is 1. The van der Waals surface area contributed by atoms with Crippen LogP contribution in [0.2, 0.25) is 0 Å². The van der Waals surface area contributed by atoms with Crippen molar-refractivity contribution in [3.63, 3.8) is 0 Å². The Morgan fingerprint density at radius 2 is 2.00 bits per heavy atom. The lowest BCUT2D eigenvalue weighted by atomic mass is 10.1. The summed E-state index contributed by atoms with van der Waals surface area (Å²) in [5.41, 5.74) is 13.1. The first-order chi connectivity index (χ1) is 13.0. The van der Waals surface area contributed by atoms with E-state index in [1.165, 1.54) is 0 Å². The Morgan fingerprint density at radius 1 is 1.32 bits per heavy atom. The third kappa shape index (κ3) is 4.80. The minimum absolute atomic E-state index is 0.116. The van der Waals surface area contributed by atoms with Gasteiger partial charge in [-0.2, -0.15) is 0 Å². The molecule has 7 nitrogen and oxygen atoms in total. The molecule has 0 atom stereocenters. The first-order valence-corrected chi connectivity index (χ1v) is 11.6. The van der Waals surface area contributed by atoms with Gasteiger partial charge in [-0.1, -0.05) is 26.8 Å². The van der Waals surface area contributed by atoms with Crippen LogP contribution in [0.3, 0.4) is 0 Å². The van der Waals surface area contributed by atoms with Crippen molar-refractivity contribution in [1.29, 1.82) is 0 Å². The minimum Gasteiger partial charge on any atom is -0.491 e. The van der Waals surface area contributed by atoms with E-state index in [0.717, 1.165) is 11.9 Å². The van der Waals surface area contributed by atoms with E-state index in [2.05, 4.69) is 44.8 Å². The molecular formula is C20H32N4O3S. The summed E-state index contributed by atoms with van der Waals surface area (Å²) in [5, 5.41) is 0. The van der Waals surface area contributed by atoms with Crippen LogP contribution in [0.4, 0.5) is 5.95 Å². The quantitative estimate of drug-likeness (QED) is 0.488. The highest BCUT2D eigenvalue weighted by atomic mass is 32.3. The van der Waals surface area contributed by atoms with Gasteiger partial charge in [-0.25, -0.2) is 4.98 Å². The highest BCUT2D eigenvalue weighted by Crippen LogP contribution is 2.53. The lowest BCUT2D eigenvalue weighted by molar-refractivity contribution is 0.1000. The first kappa shape index (κ1) is 22.1. The Balaban J connectivity index is 2.16. The summed E-state index contributed by atoms with van der Waals surface area (Å²) in [6, 6.07) is 3.26. The second-order valence-electron chi connectivity index (χ2n) is 7.95. The van der Waals surface area contributed by atoms with Gasteiger partial charge in [0.05, 0.1) is 18.7 Å². The number of imidazole rings is 1. The van der Waals surface area contributed by atoms with Gasteiger partial charge in [0, 0.05) is 23.3 Å². The average Bonchev–Trinajstić information content (AvgIpc) is 2.89. The molecular weight excluding hydrogens is 376 g/mol. The van der Waals surface area contributed by atoms with Crippen LogP contribution in [0.1, 0.15) is 37.6 Å². The highest BCUT2D eigenvalue weighted by Gasteiger charge is 2.28. The fourth-order valence-electron chi connectivity index (χ4n) is 2.50. The van der Waals surface area contributed by atoms with Crippen molar-refractivity contribution in [3.8, 4) is 5.75 Å². The van der Waals surface area contributed by atoms with E-state index < -0.39 is 16.2 Å². The van der Waals surface area contributed by atoms with E-state index in [0.29, 0.717) is 42.5 Å². The number of rotatable bonds is 9. The SMILES string of the molecule is C=CCn1c(N)nc2cc(C(N)=O)cc(OCCCOS(C)(C)C(C)(C)C)c21. The van der Waals surface area contributed by atoms with Crippen molar-refractivity contribution in [3.05, 3.63) is 30.4 Å². The minimum atomic E-state index is -1.16. The Kier molecular flexibility index (Phi) is 6.67. The summed E-state index contributed by atoms with van der Waals surface area (Å²) in [6.45, 7) is 11.9. The largest absolute Gasteiger partial charge is 0.491 e. The van der Waals surface area contributed by atoms with Crippen LogP contribution in [0.15, 0.2) is 24.8 Å². The van der Waals surface area contributed by atoms with Crippen molar-refractivity contribution in [2.24, 2.45) is 5.73 Å². The third-order valence-corrected chi connectivity index (χ3v) is 8.54. The number of amides is 1. The van der Waals surface area contributed by atoms with E-state index in [1.54, 1.807) is 22.8 Å². The van der Waals surface area contributed by atoms with Gasteiger partial charge in [0.15, 0.2) is 0 Å². The number of fused-ring (bicyclic) bond motifs is 1. The van der Waals surface area contributed by atoms with Gasteiger partial charge in [0.25, 0.3) is 0 Å². The number of primary amides is 1. The molecule has 1 heterocycles. The highest BCUT2D eigenvalue weighted by molar-refractivity contribution is 8.29. The van der Waals surface area contributed by atoms with E-state index in [9.17, 15) is 4.79 Å². The maximum Gasteiger partial charge on any atom is 0.248 e. The number of hydrogen-bond acceptors (Lipinski definition) is 5. The second kappa shape index (κ2) is 8.45. The lowest BCUT2D eigenvalue weighted by Crippen LogP contribution is -2.25. The van der Waals surface area contributed by atoms with E-state index in [-0.39, 0.29) is 4.75 Å². The predicted molar refractivity (Wildman–Crippen MR) is 118 cm³/mol. The molecule has 0 spiro atoms. The smallest absolute Gasteiger partial charge is 0.248 e. The third-order valence-electron chi connectivity index (χ3n) is 4.83. The topological polar surface area (TPSA) is 105 Å². The number of nitrogens with two attached hydrogens (primary N) is 2. The van der Waals surface area contributed by atoms with E-state index in [1.807, 2.05) is 0 Å². The molecule has 2 aromatic rings. The number of carbonyl (C=O) groups is 1. The summed E-state index contributed by atoms with van der Waals surface area (Å²) < 4.78 is 14.0. The lowest BCUT2D eigenvalue weighted by Gasteiger charge is -2.43. The van der Waals surface area contributed by atoms with Gasteiger partial charge in [-0.3, -0.25) is 4.79 Å². The monoisotopic (exact) mass is 408 g/mol. The Labute approximate surface area is 168 Å². The molecule has 2 rings (SSSR count). The van der Waals surface area contributed by atoms with E-state index in [4.69, 9.17) is 20.4 Å². The molecule has 156 valence electrons. The fraction of sp³-hybridized carbons (Fsp3) is 0.500. The molecule has 1 aromatic carbocycles. The molecule has 0 fully saturated rings. The fourth-order valence-corrected chi connectivity index (χ4v) is 3.39. The predicted octanol–water partition coefficient (Wildman–Crippen LogP) is 3.47. The average molecular weight is 409 g/mol. The second-order valence-corrected chi connectivity index (χ2v) is 11.9. The van der Waals surface area contributed by atoms with Gasteiger partial charge in [-0.05, 0) is 24.6 Å². The summed E-state index contributed by atoms with van der Waals surface area (Å²) in [4.78, 5) is 16.0. The molecule has 0 saturated carbocycles. The number of allylic oxidation sites excluding steroid dienone is 1. The van der Waals surface area contributed by atoms with Gasteiger partial charge in [0.1, 0.15) is 11.3 Å². The first-order valence-electron chi connectivity index (χ1n) is 9.18. The number of nitrogen functional groups attached to an aromatic ring is 1. The van der Waals surface area contributed by atoms with Crippen molar-refractivity contribution >= 4 is 33.2 Å². The molecule has 1 aromatic heterocycles. The van der Waals surface area contributed by atoms with Crippen molar-refractivity contribution in [2.75, 3.05) is 31.5 Å². The number of aromatic nitrogens is 2. The Bertz CT molecular complexity index is 868. The van der Waals surface area contributed by atoms with Crippen molar-refractivity contribution in [2.45, 2.75) is 38.5 Å². The van der Waals surface area contributed by atoms with Crippen LogP contribution < -0.4 is 16.2 Å². The molecule has 4 N–H and O–H groups in total. The molecule has 0 radical (unpaired) electrons. The number of nitrogens with zero attached hydrogens (tertiary/aromatic N) is 2. The van der Waals surface area contributed by atoms with Crippen LogP contribution in [-0.4, -0.2) is 45.9 Å². The normalized spacial score (nSPS) is 12.9. The summed E-state index contributed by atoms with van der Waals surface area (Å²) in [7, 11) is -1.16. The van der Waals surface area contributed by atoms with Gasteiger partial charge < -0.3 is 25.0 Å². The molecule has 0 aliphatic carbocycles. The number of benzene rings is 1. The zero-order valence-electron chi connectivity index (χ0n) is 17.4.